The molecule has 1 saturated heterocycles. The lowest BCUT2D eigenvalue weighted by molar-refractivity contribution is -0.152. The minimum absolute atomic E-state index is 0.353. The van der Waals surface area contributed by atoms with Crippen molar-refractivity contribution >= 4 is 23.8 Å². The summed E-state index contributed by atoms with van der Waals surface area (Å²) in [6.45, 7) is -0.353. The Morgan fingerprint density at radius 1 is 1.43 bits per heavy atom. The molecule has 1 aliphatic heterocycles. The van der Waals surface area contributed by atoms with Gasteiger partial charge in [-0.05, 0) is 0 Å². The average molecular weight is 201 g/mol. The second kappa shape index (κ2) is 3.32. The molecule has 0 aromatic heterocycles. The number of hydrazine groups is 1. The summed E-state index contributed by atoms with van der Waals surface area (Å²) in [5.41, 5.74) is 1.77. The van der Waals surface area contributed by atoms with Gasteiger partial charge in [-0.2, -0.15) is 0 Å². The maximum absolute atomic E-state index is 11.1. The molecule has 0 aromatic carbocycles. The number of carbonyl (C=O) groups is 4. The predicted octanol–water partition coefficient (Wildman–Crippen LogP) is -2.00. The number of rotatable bonds is 1. The lowest BCUT2D eigenvalue weighted by atomic mass is 10.6. The highest BCUT2D eigenvalue weighted by atomic mass is 16.4. The Labute approximate surface area is 78.0 Å². The van der Waals surface area contributed by atoms with Crippen molar-refractivity contribution in [3.05, 3.63) is 0 Å². The van der Waals surface area contributed by atoms with Gasteiger partial charge in [-0.15, -0.1) is 0 Å². The molecule has 76 valence electrons. The van der Waals surface area contributed by atoms with Gasteiger partial charge >= 0.3 is 17.9 Å². The fraction of sp³-hybridized carbons (Fsp3) is 0.333. The van der Waals surface area contributed by atoms with Gasteiger partial charge < -0.3 is 5.11 Å². The minimum Gasteiger partial charge on any atom is -0.474 e. The maximum Gasteiger partial charge on any atom is 0.396 e. The number of hydrogen-bond donors (Lipinski definition) is 2. The molecule has 0 unspecified atom stereocenters. The first-order valence-corrected chi connectivity index (χ1v) is 3.55. The number of likely N-dealkylation sites (N-methyl/N-ethyl adjacent to an activating group) is 1. The van der Waals surface area contributed by atoms with Gasteiger partial charge in [0.1, 0.15) is 6.54 Å². The molecular weight excluding hydrogens is 194 g/mol. The second-order valence-electron chi connectivity index (χ2n) is 2.57. The number of aliphatic carboxylic acids is 1. The van der Waals surface area contributed by atoms with Crippen LogP contribution in [-0.2, 0) is 14.4 Å². The van der Waals surface area contributed by atoms with Gasteiger partial charge in [0.2, 0.25) is 0 Å². The van der Waals surface area contributed by atoms with Crippen molar-refractivity contribution in [2.45, 2.75) is 0 Å². The summed E-state index contributed by atoms with van der Waals surface area (Å²) in [6, 6.07) is -0.760. The Kier molecular flexibility index (Phi) is 2.36. The van der Waals surface area contributed by atoms with E-state index in [4.69, 9.17) is 5.11 Å². The Hall–Kier alpha value is -2.12. The third-order valence-electron chi connectivity index (χ3n) is 1.62. The van der Waals surface area contributed by atoms with E-state index < -0.39 is 23.8 Å². The highest BCUT2D eigenvalue weighted by Crippen LogP contribution is 2.03. The summed E-state index contributed by atoms with van der Waals surface area (Å²) in [7, 11) is 1.23. The average Bonchev–Trinajstić information content (AvgIpc) is 2.33. The van der Waals surface area contributed by atoms with Crippen molar-refractivity contribution in [2.75, 3.05) is 13.6 Å². The van der Waals surface area contributed by atoms with Gasteiger partial charge in [0.15, 0.2) is 0 Å². The van der Waals surface area contributed by atoms with Crippen molar-refractivity contribution in [1.82, 2.24) is 15.3 Å². The third-order valence-corrected chi connectivity index (χ3v) is 1.62. The molecule has 8 nitrogen and oxygen atoms in total. The van der Waals surface area contributed by atoms with Crippen LogP contribution < -0.4 is 5.43 Å². The van der Waals surface area contributed by atoms with E-state index in [9.17, 15) is 19.2 Å². The molecule has 0 spiro atoms. The molecule has 4 amide bonds. The highest BCUT2D eigenvalue weighted by Gasteiger charge is 2.35. The van der Waals surface area contributed by atoms with Crippen LogP contribution in [0.4, 0.5) is 4.79 Å². The summed E-state index contributed by atoms with van der Waals surface area (Å²) >= 11 is 0. The predicted molar refractivity (Wildman–Crippen MR) is 40.7 cm³/mol. The molecular formula is C6H7N3O5. The largest absolute Gasteiger partial charge is 0.474 e. The number of urea groups is 1. The Morgan fingerprint density at radius 3 is 2.36 bits per heavy atom. The number of hydrogen-bond acceptors (Lipinski definition) is 4. The summed E-state index contributed by atoms with van der Waals surface area (Å²) in [4.78, 5) is 43.5. The molecule has 0 atom stereocenters. The number of carboxylic acids is 1. The fourth-order valence-corrected chi connectivity index (χ4v) is 0.854. The normalized spacial score (nSPS) is 16.1. The first-order chi connectivity index (χ1) is 6.43. The van der Waals surface area contributed by atoms with Crippen LogP contribution in [0.3, 0.4) is 0 Å². The van der Waals surface area contributed by atoms with Crippen molar-refractivity contribution in [3.63, 3.8) is 0 Å². The Bertz CT molecular complexity index is 325. The highest BCUT2D eigenvalue weighted by molar-refractivity contribution is 6.31. The Balaban J connectivity index is 2.65. The van der Waals surface area contributed by atoms with Gasteiger partial charge in [0.05, 0.1) is 0 Å². The van der Waals surface area contributed by atoms with Crippen LogP contribution in [0.2, 0.25) is 0 Å². The van der Waals surface area contributed by atoms with E-state index in [2.05, 4.69) is 0 Å². The first-order valence-electron chi connectivity index (χ1n) is 3.55. The van der Waals surface area contributed by atoms with Crippen molar-refractivity contribution in [2.24, 2.45) is 0 Å². The second-order valence-corrected chi connectivity index (χ2v) is 2.57. The maximum atomic E-state index is 11.1. The zero-order valence-corrected chi connectivity index (χ0v) is 7.18. The standard InChI is InChI=1S/C6H7N3O5/c1-8-3(10)2-9(6(8)14)7-4(11)5(12)13/h2H2,1H3,(H,7,11)(H,12,13). The SMILES string of the molecule is CN1C(=O)CN(NC(=O)C(=O)O)C1=O. The van der Waals surface area contributed by atoms with Crippen molar-refractivity contribution in [1.29, 1.82) is 0 Å². The molecule has 1 aliphatic rings. The summed E-state index contributed by atoms with van der Waals surface area (Å²) in [5, 5.41) is 8.85. The summed E-state index contributed by atoms with van der Waals surface area (Å²) in [5.74, 6) is -3.60. The summed E-state index contributed by atoms with van der Waals surface area (Å²) in [6.07, 6.45) is 0. The van der Waals surface area contributed by atoms with Crippen LogP contribution in [0.15, 0.2) is 0 Å². The van der Waals surface area contributed by atoms with Crippen LogP contribution >= 0.6 is 0 Å². The van der Waals surface area contributed by atoms with Crippen LogP contribution in [-0.4, -0.2) is 52.4 Å². The topological polar surface area (TPSA) is 107 Å². The van der Waals surface area contributed by atoms with Crippen LogP contribution in [0.25, 0.3) is 0 Å². The molecule has 0 bridgehead atoms. The van der Waals surface area contributed by atoms with Crippen molar-refractivity contribution < 1.29 is 24.3 Å². The monoisotopic (exact) mass is 201 g/mol. The van der Waals surface area contributed by atoms with Crippen LogP contribution in [0.1, 0.15) is 0 Å². The van der Waals surface area contributed by atoms with Gasteiger partial charge in [-0.3, -0.25) is 19.9 Å². The molecule has 8 heteroatoms. The number of carboxylic acid groups (broad SMARTS) is 1. The van der Waals surface area contributed by atoms with E-state index in [0.29, 0.717) is 5.01 Å². The molecule has 1 heterocycles. The zero-order valence-electron chi connectivity index (χ0n) is 7.18. The van der Waals surface area contributed by atoms with Gasteiger partial charge in [-0.25, -0.2) is 14.6 Å². The van der Waals surface area contributed by atoms with E-state index >= 15 is 0 Å². The number of amides is 4. The number of nitrogens with zero attached hydrogens (tertiary/aromatic N) is 2. The lowest BCUT2D eigenvalue weighted by Crippen LogP contribution is -2.47. The van der Waals surface area contributed by atoms with Gasteiger partial charge in [-0.1, -0.05) is 0 Å². The summed E-state index contributed by atoms with van der Waals surface area (Å²) < 4.78 is 0. The van der Waals surface area contributed by atoms with E-state index in [1.165, 1.54) is 7.05 Å². The molecule has 2 N–H and O–H groups in total. The van der Waals surface area contributed by atoms with E-state index in [-0.39, 0.29) is 6.54 Å². The molecule has 0 saturated carbocycles. The molecule has 1 rings (SSSR count). The van der Waals surface area contributed by atoms with Crippen molar-refractivity contribution in [3.8, 4) is 0 Å². The van der Waals surface area contributed by atoms with E-state index in [0.717, 1.165) is 4.90 Å². The Morgan fingerprint density at radius 2 is 2.00 bits per heavy atom. The number of nitrogens with one attached hydrogen (secondary N) is 1. The smallest absolute Gasteiger partial charge is 0.396 e. The molecule has 0 aliphatic carbocycles. The third kappa shape index (κ3) is 1.63. The minimum atomic E-state index is -1.72. The zero-order chi connectivity index (χ0) is 10.9. The van der Waals surface area contributed by atoms with E-state index in [1.807, 2.05) is 0 Å². The molecule has 0 radical (unpaired) electrons. The lowest BCUT2D eigenvalue weighted by Gasteiger charge is -2.13. The molecule has 0 aromatic rings. The van der Waals surface area contributed by atoms with Crippen LogP contribution in [0.5, 0.6) is 0 Å². The molecule has 1 fully saturated rings. The quantitative estimate of drug-likeness (QED) is 0.376. The molecule has 14 heavy (non-hydrogen) atoms. The van der Waals surface area contributed by atoms with Crippen LogP contribution in [0, 0.1) is 0 Å². The number of carbonyl (C=O) groups excluding carboxylic acids is 3. The number of imide groups is 1. The van der Waals surface area contributed by atoms with E-state index in [1.54, 1.807) is 5.43 Å². The fourth-order valence-electron chi connectivity index (χ4n) is 0.854. The van der Waals surface area contributed by atoms with Gasteiger partial charge in [0.25, 0.3) is 5.91 Å². The first kappa shape index (κ1) is 9.96. The van der Waals surface area contributed by atoms with Gasteiger partial charge in [0, 0.05) is 7.05 Å².